The largest absolute Gasteiger partial charge is 0.486 e. The van der Waals surface area contributed by atoms with Gasteiger partial charge in [0.25, 0.3) is 0 Å². The molecule has 0 saturated carbocycles. The van der Waals surface area contributed by atoms with Gasteiger partial charge in [-0.05, 0) is 37.1 Å². The standard InChI is InChI=1S/C12H15FO3/c1-8-5-10-11(16-4-3-15-10)6-9(8)12(2,13)7-14/h5-6,14H,3-4,7H2,1-2H3. The van der Waals surface area contributed by atoms with Crippen molar-refractivity contribution in [2.45, 2.75) is 19.5 Å². The quantitative estimate of drug-likeness (QED) is 0.837. The van der Waals surface area contributed by atoms with E-state index in [1.54, 1.807) is 19.1 Å². The number of fused-ring (bicyclic) bond motifs is 1. The summed E-state index contributed by atoms with van der Waals surface area (Å²) in [6, 6.07) is 3.36. The van der Waals surface area contributed by atoms with Gasteiger partial charge in [0.1, 0.15) is 13.2 Å². The van der Waals surface area contributed by atoms with Crippen molar-refractivity contribution in [1.82, 2.24) is 0 Å². The number of ether oxygens (including phenoxy) is 2. The molecule has 0 aromatic heterocycles. The van der Waals surface area contributed by atoms with Crippen LogP contribution in [0.25, 0.3) is 0 Å². The van der Waals surface area contributed by atoms with Gasteiger partial charge >= 0.3 is 0 Å². The zero-order chi connectivity index (χ0) is 11.8. The topological polar surface area (TPSA) is 38.7 Å². The molecule has 1 aliphatic rings. The van der Waals surface area contributed by atoms with Crippen molar-refractivity contribution in [3.63, 3.8) is 0 Å². The Labute approximate surface area is 93.8 Å². The van der Waals surface area contributed by atoms with Crippen LogP contribution in [0.4, 0.5) is 4.39 Å². The van der Waals surface area contributed by atoms with Crippen LogP contribution < -0.4 is 9.47 Å². The molecule has 0 amide bonds. The highest BCUT2D eigenvalue weighted by Crippen LogP contribution is 2.38. The molecule has 1 atom stereocenters. The van der Waals surface area contributed by atoms with Crippen LogP contribution in [0.15, 0.2) is 12.1 Å². The van der Waals surface area contributed by atoms with Crippen molar-refractivity contribution in [2.75, 3.05) is 19.8 Å². The first kappa shape index (κ1) is 11.2. The van der Waals surface area contributed by atoms with Crippen molar-refractivity contribution in [1.29, 1.82) is 0 Å². The summed E-state index contributed by atoms with van der Waals surface area (Å²) in [6.07, 6.45) is 0. The predicted octanol–water partition coefficient (Wildman–Crippen LogP) is 1.94. The Bertz CT molecular complexity index is 401. The van der Waals surface area contributed by atoms with Crippen LogP contribution in [-0.4, -0.2) is 24.9 Å². The minimum Gasteiger partial charge on any atom is -0.486 e. The first-order valence-corrected chi connectivity index (χ1v) is 5.25. The predicted molar refractivity (Wildman–Crippen MR) is 57.7 cm³/mol. The molecular weight excluding hydrogens is 211 g/mol. The van der Waals surface area contributed by atoms with Gasteiger partial charge in [-0.2, -0.15) is 0 Å². The van der Waals surface area contributed by atoms with E-state index in [9.17, 15) is 4.39 Å². The van der Waals surface area contributed by atoms with E-state index in [0.29, 0.717) is 30.3 Å². The zero-order valence-electron chi connectivity index (χ0n) is 9.42. The normalized spacial score (nSPS) is 18.0. The molecule has 88 valence electrons. The lowest BCUT2D eigenvalue weighted by atomic mass is 9.93. The molecule has 3 nitrogen and oxygen atoms in total. The van der Waals surface area contributed by atoms with Crippen LogP contribution >= 0.6 is 0 Å². The molecule has 1 unspecified atom stereocenters. The maximum Gasteiger partial charge on any atom is 0.161 e. The number of benzene rings is 1. The number of hydrogen-bond donors (Lipinski definition) is 1. The minimum atomic E-state index is -1.75. The summed E-state index contributed by atoms with van der Waals surface area (Å²) >= 11 is 0. The maximum atomic E-state index is 14.0. The van der Waals surface area contributed by atoms with E-state index in [1.165, 1.54) is 6.92 Å². The third-order valence-electron chi connectivity index (χ3n) is 2.75. The highest BCUT2D eigenvalue weighted by Gasteiger charge is 2.29. The lowest BCUT2D eigenvalue weighted by Gasteiger charge is -2.25. The Hall–Kier alpha value is -1.29. The lowest BCUT2D eigenvalue weighted by molar-refractivity contribution is 0.0852. The second-order valence-corrected chi connectivity index (χ2v) is 4.17. The summed E-state index contributed by atoms with van der Waals surface area (Å²) < 4.78 is 24.8. The number of aryl methyl sites for hydroxylation is 1. The summed E-state index contributed by atoms with van der Waals surface area (Å²) in [7, 11) is 0. The lowest BCUT2D eigenvalue weighted by Crippen LogP contribution is -2.23. The van der Waals surface area contributed by atoms with Gasteiger partial charge in [-0.1, -0.05) is 0 Å². The Morgan fingerprint density at radius 2 is 1.88 bits per heavy atom. The highest BCUT2D eigenvalue weighted by molar-refractivity contribution is 5.49. The van der Waals surface area contributed by atoms with Gasteiger partial charge in [-0.25, -0.2) is 4.39 Å². The molecule has 1 aromatic carbocycles. The number of halogens is 1. The Balaban J connectivity index is 2.47. The molecule has 1 heterocycles. The average molecular weight is 226 g/mol. The third kappa shape index (κ3) is 1.85. The van der Waals surface area contributed by atoms with Gasteiger partial charge in [0.2, 0.25) is 0 Å². The van der Waals surface area contributed by atoms with Gasteiger partial charge in [0.15, 0.2) is 17.2 Å². The van der Waals surface area contributed by atoms with Crippen LogP contribution in [0.3, 0.4) is 0 Å². The summed E-state index contributed by atoms with van der Waals surface area (Å²) in [5, 5.41) is 9.03. The monoisotopic (exact) mass is 226 g/mol. The molecule has 0 spiro atoms. The first-order valence-electron chi connectivity index (χ1n) is 5.25. The van der Waals surface area contributed by atoms with Crippen molar-refractivity contribution in [2.24, 2.45) is 0 Å². The molecule has 1 N–H and O–H groups in total. The fourth-order valence-corrected chi connectivity index (χ4v) is 1.84. The zero-order valence-corrected chi connectivity index (χ0v) is 9.42. The van der Waals surface area contributed by atoms with Crippen molar-refractivity contribution in [3.05, 3.63) is 23.3 Å². The van der Waals surface area contributed by atoms with E-state index in [2.05, 4.69) is 0 Å². The van der Waals surface area contributed by atoms with E-state index in [-0.39, 0.29) is 0 Å². The average Bonchev–Trinajstić information content (AvgIpc) is 2.28. The summed E-state index contributed by atoms with van der Waals surface area (Å²) in [4.78, 5) is 0. The molecular formula is C12H15FO3. The molecule has 16 heavy (non-hydrogen) atoms. The smallest absolute Gasteiger partial charge is 0.161 e. The van der Waals surface area contributed by atoms with E-state index >= 15 is 0 Å². The minimum absolute atomic E-state index is 0.444. The molecule has 0 aliphatic carbocycles. The molecule has 0 radical (unpaired) electrons. The molecule has 0 saturated heterocycles. The molecule has 1 aliphatic heterocycles. The van der Waals surface area contributed by atoms with Gasteiger partial charge in [0, 0.05) is 0 Å². The van der Waals surface area contributed by atoms with Gasteiger partial charge < -0.3 is 14.6 Å². The number of rotatable bonds is 2. The fourth-order valence-electron chi connectivity index (χ4n) is 1.84. The van der Waals surface area contributed by atoms with Gasteiger partial charge in [0.05, 0.1) is 6.61 Å². The van der Waals surface area contributed by atoms with E-state index in [1.807, 2.05) is 0 Å². The molecule has 1 aromatic rings. The first-order chi connectivity index (χ1) is 7.54. The molecule has 0 fully saturated rings. The SMILES string of the molecule is Cc1cc2c(cc1C(C)(F)CO)OCCO2. The van der Waals surface area contributed by atoms with E-state index < -0.39 is 12.3 Å². The van der Waals surface area contributed by atoms with Crippen LogP contribution in [0, 0.1) is 6.92 Å². The van der Waals surface area contributed by atoms with Crippen molar-refractivity contribution < 1.29 is 19.0 Å². The van der Waals surface area contributed by atoms with Crippen molar-refractivity contribution >= 4 is 0 Å². The number of aliphatic hydroxyl groups excluding tert-OH is 1. The second-order valence-electron chi connectivity index (χ2n) is 4.17. The Morgan fingerprint density at radius 1 is 1.31 bits per heavy atom. The Kier molecular flexibility index (Phi) is 2.76. The number of alkyl halides is 1. The third-order valence-corrected chi connectivity index (χ3v) is 2.75. The summed E-state index contributed by atoms with van der Waals surface area (Å²) in [5.41, 5.74) is -0.553. The molecule has 4 heteroatoms. The Morgan fingerprint density at radius 3 is 2.44 bits per heavy atom. The fraction of sp³-hybridized carbons (Fsp3) is 0.500. The maximum absolute atomic E-state index is 14.0. The van der Waals surface area contributed by atoms with Crippen LogP contribution in [-0.2, 0) is 5.67 Å². The number of aliphatic hydroxyl groups is 1. The van der Waals surface area contributed by atoms with Gasteiger partial charge in [-0.15, -0.1) is 0 Å². The summed E-state index contributed by atoms with van der Waals surface area (Å²) in [6.45, 7) is 3.58. The van der Waals surface area contributed by atoms with Crippen LogP contribution in [0.5, 0.6) is 11.5 Å². The second kappa shape index (κ2) is 3.94. The molecule has 0 bridgehead atoms. The summed E-state index contributed by atoms with van der Waals surface area (Å²) in [5.74, 6) is 1.19. The number of hydrogen-bond acceptors (Lipinski definition) is 3. The van der Waals surface area contributed by atoms with E-state index in [0.717, 1.165) is 5.56 Å². The van der Waals surface area contributed by atoms with Crippen molar-refractivity contribution in [3.8, 4) is 11.5 Å². The van der Waals surface area contributed by atoms with Crippen LogP contribution in [0.2, 0.25) is 0 Å². The van der Waals surface area contributed by atoms with Crippen LogP contribution in [0.1, 0.15) is 18.1 Å². The molecule has 2 rings (SSSR count). The van der Waals surface area contributed by atoms with Gasteiger partial charge in [-0.3, -0.25) is 0 Å². The highest BCUT2D eigenvalue weighted by atomic mass is 19.1. The van der Waals surface area contributed by atoms with E-state index in [4.69, 9.17) is 14.6 Å².